The Hall–Kier alpha value is -0.340. The van der Waals surface area contributed by atoms with Crippen LogP contribution in [0.2, 0.25) is 0 Å². The van der Waals surface area contributed by atoms with Gasteiger partial charge in [-0.25, -0.2) is 0 Å². The molecule has 0 amide bonds. The predicted octanol–water partition coefficient (Wildman–Crippen LogP) is 2.48. The minimum Gasteiger partial charge on any atom is -0.362 e. The highest BCUT2D eigenvalue weighted by Gasteiger charge is 2.14. The minimum absolute atomic E-state index is 0.206. The van der Waals surface area contributed by atoms with Gasteiger partial charge in [0.25, 0.3) is 0 Å². The first kappa shape index (κ1) is 7.32. The molecule has 0 saturated carbocycles. The zero-order valence-corrected chi connectivity index (χ0v) is 7.67. The van der Waals surface area contributed by atoms with Crippen LogP contribution in [0.5, 0.6) is 0 Å². The Kier molecular flexibility index (Phi) is 1.96. The first-order valence-electron chi connectivity index (χ1n) is 3.69. The number of halogens is 1. The molecule has 0 saturated heterocycles. The van der Waals surface area contributed by atoms with Crippen LogP contribution in [0.15, 0.2) is 24.3 Å². The molecule has 0 spiro atoms. The van der Waals surface area contributed by atoms with Crippen molar-refractivity contribution in [3.8, 4) is 0 Å². The third-order valence-corrected chi connectivity index (χ3v) is 2.51. The SMILES string of the molecule is BrC1Cc2ccccc2CO1. The third-order valence-electron chi connectivity index (χ3n) is 1.92. The van der Waals surface area contributed by atoms with Crippen molar-refractivity contribution < 1.29 is 4.74 Å². The first-order chi connectivity index (χ1) is 5.36. The molecule has 0 fully saturated rings. The van der Waals surface area contributed by atoms with Crippen molar-refractivity contribution in [3.05, 3.63) is 35.4 Å². The van der Waals surface area contributed by atoms with Crippen LogP contribution in [0.1, 0.15) is 11.1 Å². The summed E-state index contributed by atoms with van der Waals surface area (Å²) in [5, 5.41) is 0.206. The molecule has 0 aliphatic carbocycles. The molecule has 1 nitrogen and oxygen atoms in total. The Morgan fingerprint density at radius 3 is 2.82 bits per heavy atom. The van der Waals surface area contributed by atoms with E-state index < -0.39 is 0 Å². The highest BCUT2D eigenvalue weighted by Crippen LogP contribution is 2.22. The number of hydrogen-bond acceptors (Lipinski definition) is 1. The zero-order valence-electron chi connectivity index (χ0n) is 6.09. The van der Waals surface area contributed by atoms with Gasteiger partial charge in [-0.3, -0.25) is 0 Å². The second kappa shape index (κ2) is 2.95. The fraction of sp³-hybridized carbons (Fsp3) is 0.333. The van der Waals surface area contributed by atoms with Crippen molar-refractivity contribution in [2.45, 2.75) is 18.0 Å². The van der Waals surface area contributed by atoms with Crippen molar-refractivity contribution in [2.24, 2.45) is 0 Å². The summed E-state index contributed by atoms with van der Waals surface area (Å²) in [6, 6.07) is 8.40. The molecule has 0 N–H and O–H groups in total. The summed E-state index contributed by atoms with van der Waals surface area (Å²) >= 11 is 3.44. The van der Waals surface area contributed by atoms with Gasteiger partial charge in [-0.05, 0) is 11.1 Å². The van der Waals surface area contributed by atoms with Gasteiger partial charge in [0, 0.05) is 6.42 Å². The van der Waals surface area contributed by atoms with Crippen LogP contribution in [-0.2, 0) is 17.8 Å². The van der Waals surface area contributed by atoms with Crippen LogP contribution in [0.25, 0.3) is 0 Å². The predicted molar refractivity (Wildman–Crippen MR) is 47.7 cm³/mol. The monoisotopic (exact) mass is 212 g/mol. The lowest BCUT2D eigenvalue weighted by Crippen LogP contribution is -2.15. The van der Waals surface area contributed by atoms with Crippen molar-refractivity contribution in [1.29, 1.82) is 0 Å². The van der Waals surface area contributed by atoms with Gasteiger partial charge in [-0.15, -0.1) is 0 Å². The fourth-order valence-electron chi connectivity index (χ4n) is 1.31. The van der Waals surface area contributed by atoms with E-state index in [9.17, 15) is 0 Å². The number of hydrogen-bond donors (Lipinski definition) is 0. The highest BCUT2D eigenvalue weighted by molar-refractivity contribution is 9.09. The van der Waals surface area contributed by atoms with E-state index in [4.69, 9.17) is 4.74 Å². The Labute approximate surface area is 74.5 Å². The second-order valence-electron chi connectivity index (χ2n) is 2.69. The minimum atomic E-state index is 0.206. The van der Waals surface area contributed by atoms with Gasteiger partial charge in [-0.1, -0.05) is 40.2 Å². The average molecular weight is 213 g/mol. The molecule has 0 bridgehead atoms. The van der Waals surface area contributed by atoms with Crippen LogP contribution in [0.4, 0.5) is 0 Å². The fourth-order valence-corrected chi connectivity index (χ4v) is 1.79. The summed E-state index contributed by atoms with van der Waals surface area (Å²) in [4.78, 5) is 0. The van der Waals surface area contributed by atoms with E-state index in [1.165, 1.54) is 11.1 Å². The number of ether oxygens (including phenoxy) is 1. The molecule has 1 heterocycles. The molecule has 0 aromatic heterocycles. The van der Waals surface area contributed by atoms with E-state index in [0.717, 1.165) is 13.0 Å². The van der Waals surface area contributed by atoms with Crippen molar-refractivity contribution >= 4 is 15.9 Å². The Balaban J connectivity index is 2.34. The molecule has 0 radical (unpaired) electrons. The Morgan fingerprint density at radius 2 is 2.00 bits per heavy atom. The van der Waals surface area contributed by atoms with E-state index in [2.05, 4.69) is 40.2 Å². The summed E-state index contributed by atoms with van der Waals surface area (Å²) in [5.74, 6) is 0. The van der Waals surface area contributed by atoms with Gasteiger partial charge >= 0.3 is 0 Å². The number of fused-ring (bicyclic) bond motifs is 1. The van der Waals surface area contributed by atoms with Crippen LogP contribution >= 0.6 is 15.9 Å². The molecule has 58 valence electrons. The van der Waals surface area contributed by atoms with Crippen molar-refractivity contribution in [1.82, 2.24) is 0 Å². The molecular weight excluding hydrogens is 204 g/mol. The van der Waals surface area contributed by atoms with Gasteiger partial charge < -0.3 is 4.74 Å². The lowest BCUT2D eigenvalue weighted by molar-refractivity contribution is 0.0907. The topological polar surface area (TPSA) is 9.23 Å². The van der Waals surface area contributed by atoms with E-state index in [-0.39, 0.29) is 5.01 Å². The summed E-state index contributed by atoms with van der Waals surface area (Å²) in [7, 11) is 0. The molecule has 1 aliphatic rings. The molecule has 1 aliphatic heterocycles. The van der Waals surface area contributed by atoms with E-state index in [0.29, 0.717) is 0 Å². The van der Waals surface area contributed by atoms with Crippen molar-refractivity contribution in [3.63, 3.8) is 0 Å². The maximum absolute atomic E-state index is 5.42. The summed E-state index contributed by atoms with van der Waals surface area (Å²) < 4.78 is 5.42. The molecule has 11 heavy (non-hydrogen) atoms. The summed E-state index contributed by atoms with van der Waals surface area (Å²) in [5.41, 5.74) is 2.73. The first-order valence-corrected chi connectivity index (χ1v) is 4.60. The third kappa shape index (κ3) is 1.47. The lowest BCUT2D eigenvalue weighted by atomic mass is 10.0. The summed E-state index contributed by atoms with van der Waals surface area (Å²) in [6.45, 7) is 0.742. The Bertz CT molecular complexity index is 259. The van der Waals surface area contributed by atoms with Gasteiger partial charge in [-0.2, -0.15) is 0 Å². The standard InChI is InChI=1S/C9H9BrO/c10-9-5-7-3-1-2-4-8(7)6-11-9/h1-4,9H,5-6H2. The zero-order chi connectivity index (χ0) is 7.68. The van der Waals surface area contributed by atoms with Gasteiger partial charge in [0.15, 0.2) is 0 Å². The normalized spacial score (nSPS) is 22.8. The lowest BCUT2D eigenvalue weighted by Gasteiger charge is -2.20. The van der Waals surface area contributed by atoms with E-state index in [1.54, 1.807) is 0 Å². The number of rotatable bonds is 0. The average Bonchev–Trinajstić information content (AvgIpc) is 2.04. The number of alkyl halides is 1. The smallest absolute Gasteiger partial charge is 0.117 e. The molecule has 2 heteroatoms. The maximum Gasteiger partial charge on any atom is 0.117 e. The van der Waals surface area contributed by atoms with Crippen LogP contribution in [0.3, 0.4) is 0 Å². The Morgan fingerprint density at radius 1 is 1.27 bits per heavy atom. The van der Waals surface area contributed by atoms with E-state index >= 15 is 0 Å². The van der Waals surface area contributed by atoms with Gasteiger partial charge in [0.2, 0.25) is 0 Å². The van der Waals surface area contributed by atoms with Gasteiger partial charge in [0.1, 0.15) is 5.01 Å². The van der Waals surface area contributed by atoms with Crippen LogP contribution in [0, 0.1) is 0 Å². The highest BCUT2D eigenvalue weighted by atomic mass is 79.9. The van der Waals surface area contributed by atoms with E-state index in [1.807, 2.05) is 0 Å². The molecular formula is C9H9BrO. The molecule has 2 rings (SSSR count). The van der Waals surface area contributed by atoms with Crippen LogP contribution < -0.4 is 0 Å². The maximum atomic E-state index is 5.42. The molecule has 1 aromatic carbocycles. The summed E-state index contributed by atoms with van der Waals surface area (Å²) in [6.07, 6.45) is 0.982. The molecule has 1 unspecified atom stereocenters. The quantitative estimate of drug-likeness (QED) is 0.601. The largest absolute Gasteiger partial charge is 0.362 e. The van der Waals surface area contributed by atoms with Gasteiger partial charge in [0.05, 0.1) is 6.61 Å². The second-order valence-corrected chi connectivity index (χ2v) is 3.72. The molecule has 1 atom stereocenters. The van der Waals surface area contributed by atoms with Crippen molar-refractivity contribution in [2.75, 3.05) is 0 Å². The molecule has 1 aromatic rings. The van der Waals surface area contributed by atoms with Crippen LogP contribution in [-0.4, -0.2) is 5.01 Å². The number of benzene rings is 1.